The molecule has 0 N–H and O–H groups in total. The van der Waals surface area contributed by atoms with E-state index in [0.717, 1.165) is 5.56 Å². The Balaban J connectivity index is 2.48. The summed E-state index contributed by atoms with van der Waals surface area (Å²) in [4.78, 5) is 15.9. The maximum absolute atomic E-state index is 13.4. The predicted octanol–water partition coefficient (Wildman–Crippen LogP) is 2.76. The zero-order chi connectivity index (χ0) is 11.5. The van der Waals surface area contributed by atoms with Gasteiger partial charge in [0.15, 0.2) is 5.78 Å². The smallest absolute Gasteiger partial charge is 0.197 e. The largest absolute Gasteiger partial charge is 0.288 e. The Kier molecular flexibility index (Phi) is 2.77. The molecule has 0 aliphatic heterocycles. The minimum absolute atomic E-state index is 0.0820. The molecule has 2 aromatic rings. The Hall–Kier alpha value is -2.03. The summed E-state index contributed by atoms with van der Waals surface area (Å²) in [6, 6.07) is 7.68. The predicted molar refractivity (Wildman–Crippen MR) is 58.8 cm³/mol. The summed E-state index contributed by atoms with van der Waals surface area (Å²) < 4.78 is 13.4. The highest BCUT2D eigenvalue weighted by molar-refractivity contribution is 6.09. The molecule has 1 aromatic heterocycles. The van der Waals surface area contributed by atoms with Crippen molar-refractivity contribution < 1.29 is 9.18 Å². The second-order valence-electron chi connectivity index (χ2n) is 3.50. The van der Waals surface area contributed by atoms with Crippen molar-refractivity contribution >= 4 is 5.78 Å². The van der Waals surface area contributed by atoms with Crippen LogP contribution in [0.3, 0.4) is 0 Å². The van der Waals surface area contributed by atoms with Crippen LogP contribution >= 0.6 is 0 Å². The molecule has 0 fully saturated rings. The monoisotopic (exact) mass is 215 g/mol. The van der Waals surface area contributed by atoms with Gasteiger partial charge in [0.1, 0.15) is 5.82 Å². The van der Waals surface area contributed by atoms with Gasteiger partial charge in [-0.15, -0.1) is 0 Å². The lowest BCUT2D eigenvalue weighted by Gasteiger charge is -2.04. The Bertz CT molecular complexity index is 489. The van der Waals surface area contributed by atoms with Gasteiger partial charge >= 0.3 is 0 Å². The van der Waals surface area contributed by atoms with E-state index in [0.29, 0.717) is 5.56 Å². The standard InChI is InChI=1S/C13H10FNO/c1-9-6-7-15-8-11(9)13(16)10-4-2-3-5-12(10)14/h2-8H,1H3. The quantitative estimate of drug-likeness (QED) is 0.721. The minimum atomic E-state index is -0.504. The number of nitrogens with zero attached hydrogens (tertiary/aromatic N) is 1. The highest BCUT2D eigenvalue weighted by Crippen LogP contribution is 2.15. The molecule has 0 spiro atoms. The van der Waals surface area contributed by atoms with Gasteiger partial charge in [0.2, 0.25) is 0 Å². The van der Waals surface area contributed by atoms with E-state index in [1.807, 2.05) is 0 Å². The lowest BCUT2D eigenvalue weighted by molar-refractivity contribution is 0.103. The van der Waals surface area contributed by atoms with E-state index in [9.17, 15) is 9.18 Å². The number of halogens is 1. The molecule has 0 amide bonds. The van der Waals surface area contributed by atoms with E-state index < -0.39 is 5.82 Å². The van der Waals surface area contributed by atoms with E-state index in [4.69, 9.17) is 0 Å². The Morgan fingerprint density at radius 3 is 2.62 bits per heavy atom. The van der Waals surface area contributed by atoms with Crippen LogP contribution in [0.2, 0.25) is 0 Å². The number of carbonyl (C=O) groups excluding carboxylic acids is 1. The second kappa shape index (κ2) is 4.23. The van der Waals surface area contributed by atoms with Crippen molar-refractivity contribution in [3.05, 3.63) is 65.2 Å². The third-order valence-electron chi connectivity index (χ3n) is 2.40. The second-order valence-corrected chi connectivity index (χ2v) is 3.50. The number of ketones is 1. The molecule has 1 aromatic carbocycles. The third-order valence-corrected chi connectivity index (χ3v) is 2.40. The number of aryl methyl sites for hydroxylation is 1. The number of rotatable bonds is 2. The van der Waals surface area contributed by atoms with Gasteiger partial charge in [0, 0.05) is 18.0 Å². The fraction of sp³-hybridized carbons (Fsp3) is 0.0769. The fourth-order valence-electron chi connectivity index (χ4n) is 1.49. The van der Waals surface area contributed by atoms with Gasteiger partial charge in [0.05, 0.1) is 5.56 Å². The molecule has 0 saturated carbocycles. The lowest BCUT2D eigenvalue weighted by Crippen LogP contribution is -2.06. The van der Waals surface area contributed by atoms with Crippen molar-refractivity contribution in [1.29, 1.82) is 0 Å². The van der Waals surface area contributed by atoms with Gasteiger partial charge in [-0.2, -0.15) is 0 Å². The van der Waals surface area contributed by atoms with E-state index in [1.54, 1.807) is 31.3 Å². The van der Waals surface area contributed by atoms with Crippen molar-refractivity contribution in [2.24, 2.45) is 0 Å². The topological polar surface area (TPSA) is 30.0 Å². The highest BCUT2D eigenvalue weighted by Gasteiger charge is 2.14. The number of hydrogen-bond acceptors (Lipinski definition) is 2. The number of aromatic nitrogens is 1. The highest BCUT2D eigenvalue weighted by atomic mass is 19.1. The molecule has 0 atom stereocenters. The average molecular weight is 215 g/mol. The first-order valence-electron chi connectivity index (χ1n) is 4.90. The van der Waals surface area contributed by atoms with E-state index in [1.165, 1.54) is 18.3 Å². The summed E-state index contributed by atoms with van der Waals surface area (Å²) in [5, 5.41) is 0. The molecular formula is C13H10FNO. The normalized spacial score (nSPS) is 10.1. The maximum Gasteiger partial charge on any atom is 0.197 e. The first-order chi connectivity index (χ1) is 7.70. The fourth-order valence-corrected chi connectivity index (χ4v) is 1.49. The van der Waals surface area contributed by atoms with Crippen LogP contribution in [0.25, 0.3) is 0 Å². The van der Waals surface area contributed by atoms with Crippen LogP contribution in [-0.2, 0) is 0 Å². The summed E-state index contributed by atoms with van der Waals surface area (Å²) in [6.45, 7) is 1.80. The van der Waals surface area contributed by atoms with Crippen molar-refractivity contribution in [3.63, 3.8) is 0 Å². The SMILES string of the molecule is Cc1ccncc1C(=O)c1ccccc1F. The summed E-state index contributed by atoms with van der Waals surface area (Å²) in [7, 11) is 0. The Morgan fingerprint density at radius 2 is 1.94 bits per heavy atom. The molecule has 2 rings (SSSR count). The molecule has 0 bridgehead atoms. The van der Waals surface area contributed by atoms with Gasteiger partial charge in [-0.1, -0.05) is 12.1 Å². The summed E-state index contributed by atoms with van der Waals surface area (Å²) >= 11 is 0. The number of carbonyl (C=O) groups is 1. The van der Waals surface area contributed by atoms with Gasteiger partial charge in [-0.25, -0.2) is 4.39 Å². The summed E-state index contributed by atoms with van der Waals surface area (Å²) in [5.74, 6) is -0.834. The molecule has 16 heavy (non-hydrogen) atoms. The molecule has 1 heterocycles. The molecule has 2 nitrogen and oxygen atoms in total. The van der Waals surface area contributed by atoms with Gasteiger partial charge < -0.3 is 0 Å². The van der Waals surface area contributed by atoms with Crippen LogP contribution in [0.1, 0.15) is 21.5 Å². The van der Waals surface area contributed by atoms with Crippen LogP contribution in [0.4, 0.5) is 4.39 Å². The molecule has 0 aliphatic carbocycles. The van der Waals surface area contributed by atoms with Gasteiger partial charge in [-0.05, 0) is 30.7 Å². The van der Waals surface area contributed by atoms with Crippen LogP contribution in [0.15, 0.2) is 42.7 Å². The van der Waals surface area contributed by atoms with Crippen molar-refractivity contribution in [2.75, 3.05) is 0 Å². The zero-order valence-electron chi connectivity index (χ0n) is 8.77. The van der Waals surface area contributed by atoms with E-state index in [2.05, 4.69) is 4.98 Å². The number of hydrogen-bond donors (Lipinski definition) is 0. The van der Waals surface area contributed by atoms with Crippen LogP contribution in [0.5, 0.6) is 0 Å². The number of benzene rings is 1. The molecule has 0 saturated heterocycles. The molecule has 0 radical (unpaired) electrons. The molecule has 3 heteroatoms. The van der Waals surface area contributed by atoms with Crippen LogP contribution < -0.4 is 0 Å². The average Bonchev–Trinajstić information content (AvgIpc) is 2.29. The van der Waals surface area contributed by atoms with Crippen LogP contribution in [-0.4, -0.2) is 10.8 Å². The van der Waals surface area contributed by atoms with Crippen molar-refractivity contribution in [2.45, 2.75) is 6.92 Å². The Labute approximate surface area is 92.8 Å². The van der Waals surface area contributed by atoms with Gasteiger partial charge in [-0.3, -0.25) is 9.78 Å². The minimum Gasteiger partial charge on any atom is -0.288 e. The third kappa shape index (κ3) is 1.84. The number of pyridine rings is 1. The first kappa shape index (κ1) is 10.5. The van der Waals surface area contributed by atoms with Gasteiger partial charge in [0.25, 0.3) is 0 Å². The maximum atomic E-state index is 13.4. The molecule has 80 valence electrons. The molecule has 0 unspecified atom stereocenters. The lowest BCUT2D eigenvalue weighted by atomic mass is 10.0. The first-order valence-corrected chi connectivity index (χ1v) is 4.90. The summed E-state index contributed by atoms with van der Waals surface area (Å²) in [5.41, 5.74) is 1.31. The Morgan fingerprint density at radius 1 is 1.19 bits per heavy atom. The van der Waals surface area contributed by atoms with Crippen molar-refractivity contribution in [1.82, 2.24) is 4.98 Å². The van der Waals surface area contributed by atoms with E-state index in [-0.39, 0.29) is 11.3 Å². The molecule has 0 aliphatic rings. The summed E-state index contributed by atoms with van der Waals surface area (Å²) in [6.07, 6.45) is 3.07. The van der Waals surface area contributed by atoms with Crippen LogP contribution in [0, 0.1) is 12.7 Å². The zero-order valence-corrected chi connectivity index (χ0v) is 8.77. The van der Waals surface area contributed by atoms with E-state index >= 15 is 0 Å². The van der Waals surface area contributed by atoms with Crippen molar-refractivity contribution in [3.8, 4) is 0 Å². The molecular weight excluding hydrogens is 205 g/mol.